The summed E-state index contributed by atoms with van der Waals surface area (Å²) in [6.45, 7) is 0.0290. The second-order valence-electron chi connectivity index (χ2n) is 2.90. The summed E-state index contributed by atoms with van der Waals surface area (Å²) in [5.74, 6) is 0. The van der Waals surface area contributed by atoms with E-state index < -0.39 is 24.5 Å². The third-order valence-corrected chi connectivity index (χ3v) is 2.07. The predicted molar refractivity (Wildman–Crippen MR) is 48.6 cm³/mol. The molecule has 1 fully saturated rings. The first-order valence-corrected chi connectivity index (χ1v) is 4.15. The predicted octanol–water partition coefficient (Wildman–Crippen LogP) is 0.708. The van der Waals surface area contributed by atoms with Gasteiger partial charge in [0.1, 0.15) is 6.04 Å². The van der Waals surface area contributed by atoms with Gasteiger partial charge >= 0.3 is 0 Å². The molecule has 82 valence electrons. The van der Waals surface area contributed by atoms with E-state index in [-0.39, 0.29) is 6.61 Å². The molecule has 1 aliphatic heterocycles. The number of aliphatic hydroxyl groups excluding tert-OH is 1. The lowest BCUT2D eigenvalue weighted by atomic mass is 10.0. The van der Waals surface area contributed by atoms with Crippen molar-refractivity contribution in [3.05, 3.63) is 20.9 Å². The minimum absolute atomic E-state index is 0.0290. The number of aliphatic hydroxyl groups is 1. The second kappa shape index (κ2) is 5.40. The molecule has 0 radical (unpaired) electrons. The summed E-state index contributed by atoms with van der Waals surface area (Å²) in [4.78, 5) is 5.14. The van der Waals surface area contributed by atoms with Gasteiger partial charge in [-0.1, -0.05) is 10.2 Å². The van der Waals surface area contributed by atoms with Gasteiger partial charge in [0.2, 0.25) is 0 Å². The fraction of sp³-hybridized carbons (Fsp3) is 1.00. The Kier molecular flexibility index (Phi) is 4.17. The van der Waals surface area contributed by atoms with Crippen LogP contribution in [-0.4, -0.2) is 43.3 Å². The Bertz CT molecular complexity index is 310. The highest BCUT2D eigenvalue weighted by Gasteiger charge is 2.38. The first-order valence-electron chi connectivity index (χ1n) is 4.15. The van der Waals surface area contributed by atoms with Crippen LogP contribution in [0.1, 0.15) is 0 Å². The number of azide groups is 2. The molecular weight excluding hydrogens is 204 g/mol. The zero-order valence-electron chi connectivity index (χ0n) is 7.96. The molecule has 0 bridgehead atoms. The van der Waals surface area contributed by atoms with Crippen molar-refractivity contribution in [1.82, 2.24) is 0 Å². The first-order chi connectivity index (χ1) is 7.24. The summed E-state index contributed by atoms with van der Waals surface area (Å²) >= 11 is 0. The van der Waals surface area contributed by atoms with Crippen LogP contribution in [0.25, 0.3) is 20.9 Å². The second-order valence-corrected chi connectivity index (χ2v) is 2.90. The van der Waals surface area contributed by atoms with Crippen LogP contribution in [0.15, 0.2) is 10.2 Å². The van der Waals surface area contributed by atoms with Crippen molar-refractivity contribution in [2.75, 3.05) is 13.7 Å². The molecule has 9 nitrogen and oxygen atoms in total. The van der Waals surface area contributed by atoms with Crippen molar-refractivity contribution < 1.29 is 14.6 Å². The highest BCUT2D eigenvalue weighted by molar-refractivity contribution is 4.92. The van der Waals surface area contributed by atoms with Gasteiger partial charge in [0, 0.05) is 16.9 Å². The Morgan fingerprint density at radius 2 is 2.07 bits per heavy atom. The summed E-state index contributed by atoms with van der Waals surface area (Å²) in [6.07, 6.45) is -1.92. The van der Waals surface area contributed by atoms with Crippen molar-refractivity contribution in [2.24, 2.45) is 10.2 Å². The van der Waals surface area contributed by atoms with Gasteiger partial charge in [-0.3, -0.25) is 0 Å². The van der Waals surface area contributed by atoms with E-state index in [1.165, 1.54) is 7.11 Å². The number of rotatable bonds is 3. The molecule has 4 atom stereocenters. The molecule has 0 aromatic carbocycles. The Balaban J connectivity index is 2.84. The SMILES string of the molecule is CO[C@@H]1OC[C@@H](N=[N+]=[N-])[C@H](O)[C@H]1N=[N+]=[N-]. The highest BCUT2D eigenvalue weighted by Crippen LogP contribution is 2.21. The van der Waals surface area contributed by atoms with Crippen LogP contribution in [0.5, 0.6) is 0 Å². The number of hydrogen-bond acceptors (Lipinski definition) is 5. The van der Waals surface area contributed by atoms with Crippen molar-refractivity contribution in [3.63, 3.8) is 0 Å². The van der Waals surface area contributed by atoms with E-state index in [2.05, 4.69) is 20.1 Å². The van der Waals surface area contributed by atoms with Crippen LogP contribution < -0.4 is 0 Å². The lowest BCUT2D eigenvalue weighted by Gasteiger charge is -2.35. The molecule has 1 heterocycles. The average molecular weight is 214 g/mol. The van der Waals surface area contributed by atoms with Crippen molar-refractivity contribution in [2.45, 2.75) is 24.5 Å². The zero-order chi connectivity index (χ0) is 11.3. The molecule has 1 rings (SSSR count). The molecule has 1 saturated heterocycles. The van der Waals surface area contributed by atoms with Gasteiger partial charge in [0.05, 0.1) is 18.8 Å². The van der Waals surface area contributed by atoms with Crippen molar-refractivity contribution in [1.29, 1.82) is 0 Å². The lowest BCUT2D eigenvalue weighted by molar-refractivity contribution is -0.188. The van der Waals surface area contributed by atoms with Crippen LogP contribution in [0.3, 0.4) is 0 Å². The molecule has 15 heavy (non-hydrogen) atoms. The Morgan fingerprint density at radius 3 is 2.60 bits per heavy atom. The molecule has 0 unspecified atom stereocenters. The largest absolute Gasteiger partial charge is 0.392 e. The van der Waals surface area contributed by atoms with E-state index in [1.54, 1.807) is 0 Å². The lowest BCUT2D eigenvalue weighted by Crippen LogP contribution is -2.51. The van der Waals surface area contributed by atoms with E-state index in [0.29, 0.717) is 0 Å². The van der Waals surface area contributed by atoms with E-state index in [1.807, 2.05) is 0 Å². The molecule has 9 heteroatoms. The number of ether oxygens (including phenoxy) is 2. The van der Waals surface area contributed by atoms with Crippen LogP contribution >= 0.6 is 0 Å². The molecule has 0 saturated carbocycles. The molecule has 1 aliphatic rings. The quantitative estimate of drug-likeness (QED) is 0.420. The van der Waals surface area contributed by atoms with E-state index >= 15 is 0 Å². The maximum absolute atomic E-state index is 9.70. The summed E-state index contributed by atoms with van der Waals surface area (Å²) in [5.41, 5.74) is 16.5. The Labute approximate surface area is 84.8 Å². The number of methoxy groups -OCH3 is 1. The smallest absolute Gasteiger partial charge is 0.168 e. The minimum atomic E-state index is -1.10. The Hall–Kier alpha value is -1.50. The maximum Gasteiger partial charge on any atom is 0.168 e. The topological polar surface area (TPSA) is 136 Å². The van der Waals surface area contributed by atoms with Gasteiger partial charge < -0.3 is 14.6 Å². The van der Waals surface area contributed by atoms with Gasteiger partial charge in [-0.2, -0.15) is 0 Å². The number of nitrogens with zero attached hydrogens (tertiary/aromatic N) is 6. The standard InChI is InChI=1S/C6H10N6O3/c1-14-6-4(10-12-8)5(13)3(2-15-6)9-11-7/h3-6,13H,2H2,1H3/t3-,4-,5+,6-/m1/s1. The molecule has 0 aromatic rings. The Morgan fingerprint density at radius 1 is 1.40 bits per heavy atom. The van der Waals surface area contributed by atoms with Crippen LogP contribution in [-0.2, 0) is 9.47 Å². The first kappa shape index (κ1) is 11.6. The fourth-order valence-electron chi connectivity index (χ4n) is 1.34. The summed E-state index contributed by atoms with van der Waals surface area (Å²) in [7, 11) is 1.37. The zero-order valence-corrected chi connectivity index (χ0v) is 7.96. The van der Waals surface area contributed by atoms with Crippen molar-refractivity contribution >= 4 is 0 Å². The van der Waals surface area contributed by atoms with Crippen LogP contribution in [0.2, 0.25) is 0 Å². The molecule has 0 aliphatic carbocycles. The van der Waals surface area contributed by atoms with Gasteiger partial charge in [-0.15, -0.1) is 0 Å². The summed E-state index contributed by atoms with van der Waals surface area (Å²) in [5, 5.41) is 16.4. The maximum atomic E-state index is 9.70. The molecular formula is C6H10N6O3. The normalized spacial score (nSPS) is 35.1. The summed E-state index contributed by atoms with van der Waals surface area (Å²) < 4.78 is 9.99. The van der Waals surface area contributed by atoms with Gasteiger partial charge in [-0.25, -0.2) is 0 Å². The van der Waals surface area contributed by atoms with Crippen LogP contribution in [0.4, 0.5) is 0 Å². The average Bonchev–Trinajstić information content (AvgIpc) is 2.25. The third kappa shape index (κ3) is 2.50. The molecule has 1 N–H and O–H groups in total. The number of hydrogen-bond donors (Lipinski definition) is 1. The van der Waals surface area contributed by atoms with E-state index in [0.717, 1.165) is 0 Å². The van der Waals surface area contributed by atoms with Gasteiger partial charge in [-0.05, 0) is 11.1 Å². The monoisotopic (exact) mass is 214 g/mol. The van der Waals surface area contributed by atoms with E-state index in [4.69, 9.17) is 20.5 Å². The van der Waals surface area contributed by atoms with E-state index in [9.17, 15) is 5.11 Å². The summed E-state index contributed by atoms with van der Waals surface area (Å²) in [6, 6.07) is -1.68. The third-order valence-electron chi connectivity index (χ3n) is 2.07. The fourth-order valence-corrected chi connectivity index (χ4v) is 1.34. The molecule has 0 amide bonds. The van der Waals surface area contributed by atoms with Gasteiger partial charge in [0.25, 0.3) is 0 Å². The minimum Gasteiger partial charge on any atom is -0.392 e. The highest BCUT2D eigenvalue weighted by atomic mass is 16.7. The molecule has 0 aromatic heterocycles. The molecule has 0 spiro atoms. The van der Waals surface area contributed by atoms with Gasteiger partial charge in [0.15, 0.2) is 6.29 Å². The van der Waals surface area contributed by atoms with Crippen molar-refractivity contribution in [3.8, 4) is 0 Å². The van der Waals surface area contributed by atoms with Crippen LogP contribution in [0, 0.1) is 0 Å².